The number of anilines is 2. The van der Waals surface area contributed by atoms with Crippen molar-refractivity contribution in [3.8, 4) is 6.07 Å². The van der Waals surface area contributed by atoms with Gasteiger partial charge in [-0.1, -0.05) is 0 Å². The fourth-order valence-electron chi connectivity index (χ4n) is 2.69. The Morgan fingerprint density at radius 3 is 2.83 bits per heavy atom. The Kier molecular flexibility index (Phi) is 5.52. The number of benzene rings is 1. The maximum absolute atomic E-state index is 11.7. The molecule has 0 bridgehead atoms. The quantitative estimate of drug-likeness (QED) is 0.579. The number of nitriles is 1. The molecule has 130 valence electrons. The fourth-order valence-corrected chi connectivity index (χ4v) is 2.69. The molecule has 4 N–H and O–H groups in total. The highest BCUT2D eigenvalue weighted by atomic mass is 16.6. The van der Waals surface area contributed by atoms with Gasteiger partial charge in [0.2, 0.25) is 0 Å². The van der Waals surface area contributed by atoms with Gasteiger partial charge in [-0.2, -0.15) is 5.26 Å². The highest BCUT2D eigenvalue weighted by Gasteiger charge is 2.23. The van der Waals surface area contributed by atoms with Crippen LogP contribution in [0.5, 0.6) is 0 Å². The topological polar surface area (TPSA) is 103 Å². The lowest BCUT2D eigenvalue weighted by Gasteiger charge is -2.35. The molecule has 0 aromatic heterocycles. The van der Waals surface area contributed by atoms with Gasteiger partial charge in [-0.25, -0.2) is 10.2 Å². The number of nitrogens with one attached hydrogen (secondary N) is 2. The first-order valence-corrected chi connectivity index (χ1v) is 8.07. The van der Waals surface area contributed by atoms with Crippen molar-refractivity contribution in [2.24, 2.45) is 0 Å². The number of hydrazine groups is 1. The van der Waals surface area contributed by atoms with Gasteiger partial charge in [0, 0.05) is 19.1 Å². The van der Waals surface area contributed by atoms with Crippen LogP contribution in [0.3, 0.4) is 0 Å². The molecule has 0 radical (unpaired) electrons. The average Bonchev–Trinajstić information content (AvgIpc) is 2.51. The molecule has 1 unspecified atom stereocenters. The third-order valence-electron chi connectivity index (χ3n) is 3.70. The van der Waals surface area contributed by atoms with Gasteiger partial charge in [0.25, 0.3) is 0 Å². The lowest BCUT2D eigenvalue weighted by Crippen LogP contribution is -2.53. The summed E-state index contributed by atoms with van der Waals surface area (Å²) in [4.78, 5) is 13.9. The molecule has 1 fully saturated rings. The van der Waals surface area contributed by atoms with E-state index in [1.807, 2.05) is 26.8 Å². The molecule has 1 aliphatic rings. The number of carbonyl (C=O) groups excluding carboxylic acids is 1. The van der Waals surface area contributed by atoms with Gasteiger partial charge in [-0.3, -0.25) is 5.43 Å². The zero-order valence-corrected chi connectivity index (χ0v) is 14.4. The van der Waals surface area contributed by atoms with Gasteiger partial charge in [-0.15, -0.1) is 0 Å². The van der Waals surface area contributed by atoms with Crippen LogP contribution in [0, 0.1) is 11.3 Å². The molecule has 1 amide bonds. The third-order valence-corrected chi connectivity index (χ3v) is 3.70. The van der Waals surface area contributed by atoms with Crippen LogP contribution in [0.15, 0.2) is 18.2 Å². The number of carbonyl (C=O) groups is 1. The largest absolute Gasteiger partial charge is 0.443 e. The van der Waals surface area contributed by atoms with Crippen LogP contribution in [0.4, 0.5) is 16.2 Å². The molecule has 1 saturated heterocycles. The van der Waals surface area contributed by atoms with E-state index in [1.54, 1.807) is 12.1 Å². The van der Waals surface area contributed by atoms with Crippen molar-refractivity contribution >= 4 is 17.5 Å². The molecular formula is C17H25N5O2. The number of nitrogen functional groups attached to an aromatic ring is 1. The Hall–Kier alpha value is -2.46. The minimum atomic E-state index is -0.526. The van der Waals surface area contributed by atoms with Crippen molar-refractivity contribution in [3.05, 3.63) is 23.8 Å². The molecule has 1 heterocycles. The zero-order valence-electron chi connectivity index (χ0n) is 14.4. The van der Waals surface area contributed by atoms with Gasteiger partial charge in [-0.05, 0) is 51.8 Å². The van der Waals surface area contributed by atoms with E-state index in [-0.39, 0.29) is 6.04 Å². The smallest absolute Gasteiger partial charge is 0.422 e. The highest BCUT2D eigenvalue weighted by molar-refractivity contribution is 5.70. The second-order valence-electron chi connectivity index (χ2n) is 6.94. The minimum absolute atomic E-state index is 0.0984. The molecule has 24 heavy (non-hydrogen) atoms. The van der Waals surface area contributed by atoms with Crippen molar-refractivity contribution in [3.63, 3.8) is 0 Å². The third kappa shape index (κ3) is 5.03. The van der Waals surface area contributed by atoms with Crippen molar-refractivity contribution in [1.82, 2.24) is 10.9 Å². The molecule has 2 rings (SSSR count). The van der Waals surface area contributed by atoms with Crippen molar-refractivity contribution in [2.75, 3.05) is 23.7 Å². The van der Waals surface area contributed by atoms with Crippen LogP contribution in [0.25, 0.3) is 0 Å². The zero-order chi connectivity index (χ0) is 17.7. The second kappa shape index (κ2) is 7.41. The first-order chi connectivity index (χ1) is 11.3. The summed E-state index contributed by atoms with van der Waals surface area (Å²) >= 11 is 0. The number of ether oxygens (including phenoxy) is 1. The Morgan fingerprint density at radius 2 is 2.21 bits per heavy atom. The van der Waals surface area contributed by atoms with Crippen LogP contribution in [-0.4, -0.2) is 30.8 Å². The first kappa shape index (κ1) is 17.9. The molecule has 7 nitrogen and oxygen atoms in total. The number of hydrogen-bond acceptors (Lipinski definition) is 6. The summed E-state index contributed by atoms with van der Waals surface area (Å²) in [5.74, 6) is 0. The summed E-state index contributed by atoms with van der Waals surface area (Å²) in [6.07, 6.45) is 1.44. The van der Waals surface area contributed by atoms with Crippen molar-refractivity contribution in [1.29, 1.82) is 5.26 Å². The summed E-state index contributed by atoms with van der Waals surface area (Å²) < 4.78 is 5.21. The number of hydrogen-bond donors (Lipinski definition) is 3. The Morgan fingerprint density at radius 1 is 1.46 bits per heavy atom. The van der Waals surface area contributed by atoms with Gasteiger partial charge in [0.05, 0.1) is 23.0 Å². The SMILES string of the molecule is CC(C)(C)OC(=O)NNC1CCCN(c2ccc(C#N)cc2N)C1. The average molecular weight is 331 g/mol. The lowest BCUT2D eigenvalue weighted by atomic mass is 10.0. The molecule has 0 aliphatic carbocycles. The normalized spacial score (nSPS) is 17.9. The van der Waals surface area contributed by atoms with E-state index in [0.717, 1.165) is 25.1 Å². The molecule has 0 spiro atoms. The number of nitrogens with two attached hydrogens (primary N) is 1. The molecule has 1 aromatic carbocycles. The van der Waals surface area contributed by atoms with E-state index in [1.165, 1.54) is 0 Å². The number of piperidine rings is 1. The standard InChI is InChI=1S/C17H25N5O2/c1-17(2,3)24-16(23)21-20-13-5-4-8-22(11-13)15-7-6-12(10-18)9-14(15)19/h6-7,9,13,20H,4-5,8,11,19H2,1-3H3,(H,21,23). The summed E-state index contributed by atoms with van der Waals surface area (Å²) in [5.41, 5.74) is 13.2. The molecule has 7 heteroatoms. The van der Waals surface area contributed by atoms with Crippen LogP contribution in [-0.2, 0) is 4.74 Å². The van der Waals surface area contributed by atoms with E-state index >= 15 is 0 Å². The van der Waals surface area contributed by atoms with E-state index in [4.69, 9.17) is 15.7 Å². The van der Waals surface area contributed by atoms with Gasteiger partial charge >= 0.3 is 6.09 Å². The summed E-state index contributed by atoms with van der Waals surface area (Å²) in [6.45, 7) is 7.07. The molecule has 1 aromatic rings. The maximum atomic E-state index is 11.7. The second-order valence-corrected chi connectivity index (χ2v) is 6.94. The van der Waals surface area contributed by atoms with Gasteiger partial charge < -0.3 is 15.4 Å². The molecule has 1 atom stereocenters. The Bertz CT molecular complexity index is 633. The number of nitrogens with zero attached hydrogens (tertiary/aromatic N) is 2. The highest BCUT2D eigenvalue weighted by Crippen LogP contribution is 2.27. The maximum Gasteiger partial charge on any atom is 0.422 e. The van der Waals surface area contributed by atoms with E-state index in [0.29, 0.717) is 17.8 Å². The molecule has 1 aliphatic heterocycles. The monoisotopic (exact) mass is 331 g/mol. The number of rotatable bonds is 3. The first-order valence-electron chi connectivity index (χ1n) is 8.07. The predicted molar refractivity (Wildman–Crippen MR) is 93.3 cm³/mol. The molecular weight excluding hydrogens is 306 g/mol. The summed E-state index contributed by atoms with van der Waals surface area (Å²) in [7, 11) is 0. The summed E-state index contributed by atoms with van der Waals surface area (Å²) in [5, 5.41) is 8.93. The van der Waals surface area contributed by atoms with Crippen LogP contribution < -0.4 is 21.5 Å². The minimum Gasteiger partial charge on any atom is -0.443 e. The Labute approximate surface area is 142 Å². The lowest BCUT2D eigenvalue weighted by molar-refractivity contribution is 0.0485. The fraction of sp³-hybridized carbons (Fsp3) is 0.529. The van der Waals surface area contributed by atoms with E-state index in [2.05, 4.69) is 21.8 Å². The van der Waals surface area contributed by atoms with Gasteiger partial charge in [0.15, 0.2) is 0 Å². The summed E-state index contributed by atoms with van der Waals surface area (Å²) in [6, 6.07) is 7.51. The predicted octanol–water partition coefficient (Wildman–Crippen LogP) is 2.14. The van der Waals surface area contributed by atoms with Crippen LogP contribution in [0.2, 0.25) is 0 Å². The van der Waals surface area contributed by atoms with Crippen LogP contribution >= 0.6 is 0 Å². The Balaban J connectivity index is 1.92. The van der Waals surface area contributed by atoms with E-state index in [9.17, 15) is 4.79 Å². The van der Waals surface area contributed by atoms with E-state index < -0.39 is 11.7 Å². The van der Waals surface area contributed by atoms with Crippen LogP contribution in [0.1, 0.15) is 39.2 Å². The molecule has 0 saturated carbocycles. The van der Waals surface area contributed by atoms with Gasteiger partial charge in [0.1, 0.15) is 5.60 Å². The number of amides is 1. The van der Waals surface area contributed by atoms with Crippen molar-refractivity contribution < 1.29 is 9.53 Å². The van der Waals surface area contributed by atoms with Crippen molar-refractivity contribution in [2.45, 2.75) is 45.3 Å².